The fourth-order valence-corrected chi connectivity index (χ4v) is 1.48. The number of piperazine rings is 1. The van der Waals surface area contributed by atoms with Crippen LogP contribution >= 0.6 is 12.4 Å². The van der Waals surface area contributed by atoms with Gasteiger partial charge in [-0.2, -0.15) is 12.7 Å². The molecule has 4 nitrogen and oxygen atoms in total. The normalized spacial score (nSPS) is 20.8. The van der Waals surface area contributed by atoms with Crippen molar-refractivity contribution in [2.75, 3.05) is 26.2 Å². The summed E-state index contributed by atoms with van der Waals surface area (Å²) < 4.78 is 33.4. The molecule has 0 aromatic carbocycles. The van der Waals surface area contributed by atoms with E-state index in [9.17, 15) is 12.3 Å². The summed E-state index contributed by atoms with van der Waals surface area (Å²) >= 11 is 0. The predicted octanol–water partition coefficient (Wildman–Crippen LogP) is -0.472. The molecule has 0 aromatic heterocycles. The highest BCUT2D eigenvalue weighted by atomic mass is 35.5. The van der Waals surface area contributed by atoms with Crippen LogP contribution in [0.3, 0.4) is 0 Å². The van der Waals surface area contributed by atoms with E-state index in [1.807, 2.05) is 0 Å². The van der Waals surface area contributed by atoms with E-state index in [1.165, 1.54) is 0 Å². The molecule has 0 amide bonds. The average Bonchev–Trinajstić information content (AvgIpc) is 1.88. The molecule has 7 heteroatoms. The van der Waals surface area contributed by atoms with Gasteiger partial charge in [0.05, 0.1) is 0 Å². The molecule has 1 N–H and O–H groups in total. The van der Waals surface area contributed by atoms with Crippen molar-refractivity contribution in [3.63, 3.8) is 0 Å². The molecule has 1 rings (SSSR count). The predicted molar refractivity (Wildman–Crippen MR) is 41.7 cm³/mol. The molecule has 68 valence electrons. The minimum absolute atomic E-state index is 0. The Bertz CT molecular complexity index is 202. The van der Waals surface area contributed by atoms with Crippen molar-refractivity contribution in [3.05, 3.63) is 0 Å². The van der Waals surface area contributed by atoms with Crippen LogP contribution < -0.4 is 5.32 Å². The molecular weight excluding hydrogens is 195 g/mol. The highest BCUT2D eigenvalue weighted by molar-refractivity contribution is 7.83. The Morgan fingerprint density at radius 1 is 1.27 bits per heavy atom. The van der Waals surface area contributed by atoms with Crippen LogP contribution in [0.2, 0.25) is 0 Å². The Balaban J connectivity index is 0.000001000. The second-order valence-corrected chi connectivity index (χ2v) is 3.43. The Hall–Kier alpha value is 0.0900. The lowest BCUT2D eigenvalue weighted by molar-refractivity contribution is 0.342. The molecular formula is C4H10ClFN2O2S. The van der Waals surface area contributed by atoms with Crippen LogP contribution in [0.15, 0.2) is 0 Å². The lowest BCUT2D eigenvalue weighted by Crippen LogP contribution is -2.44. The SMILES string of the molecule is Cl.O=S(=O)(F)N1CCNCC1. The lowest BCUT2D eigenvalue weighted by atomic mass is 10.4. The lowest BCUT2D eigenvalue weighted by Gasteiger charge is -2.22. The van der Waals surface area contributed by atoms with Crippen molar-refractivity contribution < 1.29 is 12.3 Å². The average molecular weight is 205 g/mol. The molecule has 1 heterocycles. The van der Waals surface area contributed by atoms with Gasteiger partial charge in [-0.1, -0.05) is 3.89 Å². The van der Waals surface area contributed by atoms with Crippen molar-refractivity contribution in [2.45, 2.75) is 0 Å². The Morgan fingerprint density at radius 3 is 2.00 bits per heavy atom. The van der Waals surface area contributed by atoms with E-state index in [4.69, 9.17) is 0 Å². The van der Waals surface area contributed by atoms with E-state index in [2.05, 4.69) is 5.32 Å². The summed E-state index contributed by atoms with van der Waals surface area (Å²) in [5.74, 6) is 0. The van der Waals surface area contributed by atoms with Gasteiger partial charge in [0.15, 0.2) is 0 Å². The van der Waals surface area contributed by atoms with Crippen LogP contribution in [0, 0.1) is 0 Å². The van der Waals surface area contributed by atoms with Crippen molar-refractivity contribution in [3.8, 4) is 0 Å². The fraction of sp³-hybridized carbons (Fsp3) is 1.00. The minimum atomic E-state index is -4.43. The smallest absolute Gasteiger partial charge is 0.314 e. The van der Waals surface area contributed by atoms with E-state index in [-0.39, 0.29) is 25.5 Å². The number of nitrogens with one attached hydrogen (secondary N) is 1. The summed E-state index contributed by atoms with van der Waals surface area (Å²) in [5.41, 5.74) is 0. The molecule has 1 aliphatic heterocycles. The zero-order valence-corrected chi connectivity index (χ0v) is 7.42. The molecule has 0 saturated carbocycles. The summed E-state index contributed by atoms with van der Waals surface area (Å²) in [6.45, 7) is 1.53. The summed E-state index contributed by atoms with van der Waals surface area (Å²) in [7, 11) is -4.43. The Morgan fingerprint density at radius 2 is 1.73 bits per heavy atom. The molecule has 11 heavy (non-hydrogen) atoms. The van der Waals surface area contributed by atoms with Crippen molar-refractivity contribution in [2.24, 2.45) is 0 Å². The first kappa shape index (κ1) is 11.1. The summed E-state index contributed by atoms with van der Waals surface area (Å²) in [6.07, 6.45) is 0. The van der Waals surface area contributed by atoms with Crippen LogP contribution in [-0.2, 0) is 10.4 Å². The van der Waals surface area contributed by atoms with Crippen molar-refractivity contribution in [1.82, 2.24) is 9.62 Å². The molecule has 0 spiro atoms. The van der Waals surface area contributed by atoms with Crippen LogP contribution in [0.1, 0.15) is 0 Å². The standard InChI is InChI=1S/C4H9FN2O2S.ClH/c5-10(8,9)7-3-1-6-2-4-7;/h6H,1-4H2;1H. The first-order chi connectivity index (χ1) is 4.61. The van der Waals surface area contributed by atoms with Gasteiger partial charge in [0.2, 0.25) is 0 Å². The second kappa shape index (κ2) is 4.20. The summed E-state index contributed by atoms with van der Waals surface area (Å²) in [5, 5.41) is 2.91. The minimum Gasteiger partial charge on any atom is -0.314 e. The topological polar surface area (TPSA) is 49.4 Å². The molecule has 0 aromatic rings. The van der Waals surface area contributed by atoms with Gasteiger partial charge in [-0.15, -0.1) is 12.4 Å². The molecule has 1 saturated heterocycles. The van der Waals surface area contributed by atoms with Gasteiger partial charge in [-0.05, 0) is 0 Å². The molecule has 0 aliphatic carbocycles. The maximum atomic E-state index is 12.1. The maximum absolute atomic E-state index is 12.1. The fourth-order valence-electron chi connectivity index (χ4n) is 0.862. The van der Waals surface area contributed by atoms with Crippen LogP contribution in [0.4, 0.5) is 3.89 Å². The second-order valence-electron chi connectivity index (χ2n) is 2.09. The van der Waals surface area contributed by atoms with Gasteiger partial charge in [0.1, 0.15) is 0 Å². The van der Waals surface area contributed by atoms with Crippen LogP contribution in [-0.4, -0.2) is 38.9 Å². The number of halogens is 2. The largest absolute Gasteiger partial charge is 0.374 e. The number of nitrogens with zero attached hydrogens (tertiary/aromatic N) is 1. The quantitative estimate of drug-likeness (QED) is 0.588. The van der Waals surface area contributed by atoms with Crippen LogP contribution in [0.25, 0.3) is 0 Å². The highest BCUT2D eigenvalue weighted by Gasteiger charge is 2.21. The Kier molecular flexibility index (Phi) is 4.23. The van der Waals surface area contributed by atoms with Crippen molar-refractivity contribution in [1.29, 1.82) is 0 Å². The first-order valence-corrected chi connectivity index (χ1v) is 4.35. The summed E-state index contributed by atoms with van der Waals surface area (Å²) in [6, 6.07) is 0. The van der Waals surface area contributed by atoms with Gasteiger partial charge in [-0.3, -0.25) is 0 Å². The zero-order chi connectivity index (χ0) is 7.61. The first-order valence-electron chi connectivity index (χ1n) is 3.01. The van der Waals surface area contributed by atoms with Gasteiger partial charge in [0.25, 0.3) is 0 Å². The van der Waals surface area contributed by atoms with E-state index in [0.29, 0.717) is 13.1 Å². The van der Waals surface area contributed by atoms with Gasteiger partial charge in [-0.25, -0.2) is 0 Å². The molecule has 1 fully saturated rings. The van der Waals surface area contributed by atoms with Gasteiger partial charge < -0.3 is 5.32 Å². The monoisotopic (exact) mass is 204 g/mol. The zero-order valence-electron chi connectivity index (χ0n) is 5.79. The van der Waals surface area contributed by atoms with Gasteiger partial charge >= 0.3 is 10.4 Å². The third-order valence-corrected chi connectivity index (χ3v) is 2.37. The number of hydrogen-bond acceptors (Lipinski definition) is 3. The molecule has 0 bridgehead atoms. The van der Waals surface area contributed by atoms with E-state index in [1.54, 1.807) is 0 Å². The molecule has 0 radical (unpaired) electrons. The van der Waals surface area contributed by atoms with E-state index >= 15 is 0 Å². The molecule has 0 unspecified atom stereocenters. The number of hydrogen-bond donors (Lipinski definition) is 1. The highest BCUT2D eigenvalue weighted by Crippen LogP contribution is 2.02. The van der Waals surface area contributed by atoms with E-state index < -0.39 is 10.4 Å². The summed E-state index contributed by atoms with van der Waals surface area (Å²) in [4.78, 5) is 0. The van der Waals surface area contributed by atoms with Crippen LogP contribution in [0.5, 0.6) is 0 Å². The van der Waals surface area contributed by atoms with Gasteiger partial charge in [0, 0.05) is 26.2 Å². The third kappa shape index (κ3) is 3.33. The number of rotatable bonds is 1. The molecule has 0 atom stereocenters. The molecule has 1 aliphatic rings. The van der Waals surface area contributed by atoms with Crippen molar-refractivity contribution >= 4 is 22.8 Å². The third-order valence-electron chi connectivity index (χ3n) is 1.38. The van der Waals surface area contributed by atoms with E-state index in [0.717, 1.165) is 4.31 Å². The Labute approximate surface area is 71.5 Å². The maximum Gasteiger partial charge on any atom is 0.374 e.